The van der Waals surface area contributed by atoms with Crippen molar-refractivity contribution >= 4 is 23.7 Å². The van der Waals surface area contributed by atoms with Gasteiger partial charge in [-0.25, -0.2) is 15.0 Å². The minimum absolute atomic E-state index is 0.0448. The molecule has 0 aliphatic carbocycles. The first-order chi connectivity index (χ1) is 15.1. The lowest BCUT2D eigenvalue weighted by atomic mass is 9.93. The Morgan fingerprint density at radius 1 is 1.03 bits per heavy atom. The highest BCUT2D eigenvalue weighted by molar-refractivity contribution is 5.91. The van der Waals surface area contributed by atoms with E-state index in [2.05, 4.69) is 25.3 Å². The van der Waals surface area contributed by atoms with E-state index < -0.39 is 0 Å². The number of nitrogens with one attached hydrogen (secondary N) is 1. The quantitative estimate of drug-likeness (QED) is 0.634. The number of carbonyl (C=O) groups is 1. The summed E-state index contributed by atoms with van der Waals surface area (Å²) >= 11 is 0. The number of hydrogen-bond acceptors (Lipinski definition) is 6. The van der Waals surface area contributed by atoms with Gasteiger partial charge in [0, 0.05) is 48.9 Å². The predicted molar refractivity (Wildman–Crippen MR) is 121 cm³/mol. The Hall–Kier alpha value is -3.61. The van der Waals surface area contributed by atoms with Crippen LogP contribution >= 0.6 is 0 Å². The van der Waals surface area contributed by atoms with Gasteiger partial charge in [-0.05, 0) is 44.4 Å². The van der Waals surface area contributed by atoms with Crippen molar-refractivity contribution in [2.45, 2.75) is 32.6 Å². The van der Waals surface area contributed by atoms with Crippen molar-refractivity contribution in [2.24, 2.45) is 0 Å². The van der Waals surface area contributed by atoms with Gasteiger partial charge in [0.05, 0.1) is 5.69 Å². The Morgan fingerprint density at radius 3 is 2.42 bits per heavy atom. The molecule has 1 saturated heterocycles. The molecule has 158 valence electrons. The third-order valence-electron chi connectivity index (χ3n) is 5.35. The van der Waals surface area contributed by atoms with Crippen LogP contribution in [0.25, 0.3) is 6.08 Å². The molecular weight excluding hydrogens is 388 g/mol. The summed E-state index contributed by atoms with van der Waals surface area (Å²) in [6.45, 7) is 5.27. The Kier molecular flexibility index (Phi) is 6.31. The summed E-state index contributed by atoms with van der Waals surface area (Å²) in [6, 6.07) is 11.8. The lowest BCUT2D eigenvalue weighted by Crippen LogP contribution is -2.37. The molecule has 1 fully saturated rings. The standard InChI is InChI=1S/C24H26N6O/c1-17-16-18(2)28-24(27-17)29-23-22(25-12-13-26-23)20-10-14-30(15-11-20)21(31)9-8-19-6-4-3-5-7-19/h3-9,12-13,16,20H,10-11,14-15H2,1-2H3,(H,26,27,28,29)/b9-8+. The number of aromatic nitrogens is 4. The monoisotopic (exact) mass is 414 g/mol. The molecule has 7 heteroatoms. The van der Waals surface area contributed by atoms with E-state index in [9.17, 15) is 4.79 Å². The molecule has 0 spiro atoms. The van der Waals surface area contributed by atoms with Gasteiger partial charge in [0.2, 0.25) is 11.9 Å². The minimum atomic E-state index is 0.0448. The van der Waals surface area contributed by atoms with Crippen molar-refractivity contribution in [1.29, 1.82) is 0 Å². The van der Waals surface area contributed by atoms with E-state index in [1.165, 1.54) is 0 Å². The Labute approximate surface area is 182 Å². The molecular formula is C24H26N6O. The molecule has 2 aromatic heterocycles. The Balaban J connectivity index is 1.41. The molecule has 0 saturated carbocycles. The largest absolute Gasteiger partial charge is 0.339 e. The van der Waals surface area contributed by atoms with Crippen LogP contribution in [0.5, 0.6) is 0 Å². The zero-order valence-corrected chi connectivity index (χ0v) is 17.8. The maximum Gasteiger partial charge on any atom is 0.246 e. The molecule has 3 aromatic rings. The highest BCUT2D eigenvalue weighted by Gasteiger charge is 2.26. The topological polar surface area (TPSA) is 83.9 Å². The van der Waals surface area contributed by atoms with Crippen molar-refractivity contribution in [3.8, 4) is 0 Å². The molecule has 1 aliphatic heterocycles. The van der Waals surface area contributed by atoms with Crippen molar-refractivity contribution < 1.29 is 4.79 Å². The van der Waals surface area contributed by atoms with Gasteiger partial charge in [0.25, 0.3) is 0 Å². The van der Waals surface area contributed by atoms with Crippen LogP contribution in [0.3, 0.4) is 0 Å². The predicted octanol–water partition coefficient (Wildman–Crippen LogP) is 4.05. The molecule has 1 amide bonds. The number of anilines is 2. The van der Waals surface area contributed by atoms with Crippen LogP contribution in [-0.4, -0.2) is 43.8 Å². The lowest BCUT2D eigenvalue weighted by molar-refractivity contribution is -0.126. The smallest absolute Gasteiger partial charge is 0.246 e. The van der Waals surface area contributed by atoms with Gasteiger partial charge < -0.3 is 10.2 Å². The van der Waals surface area contributed by atoms with Crippen LogP contribution in [-0.2, 0) is 4.79 Å². The molecule has 1 N–H and O–H groups in total. The first-order valence-electron chi connectivity index (χ1n) is 10.5. The normalized spacial score (nSPS) is 14.7. The average Bonchev–Trinajstić information content (AvgIpc) is 2.78. The fourth-order valence-corrected chi connectivity index (χ4v) is 3.84. The number of rotatable bonds is 5. The van der Waals surface area contributed by atoms with Gasteiger partial charge in [-0.2, -0.15) is 0 Å². The van der Waals surface area contributed by atoms with Crippen LogP contribution in [0.15, 0.2) is 54.9 Å². The molecule has 31 heavy (non-hydrogen) atoms. The van der Waals surface area contributed by atoms with Gasteiger partial charge in [-0.3, -0.25) is 9.78 Å². The second kappa shape index (κ2) is 9.47. The molecule has 1 aliphatic rings. The van der Waals surface area contributed by atoms with Crippen LogP contribution < -0.4 is 5.32 Å². The number of likely N-dealkylation sites (tertiary alicyclic amines) is 1. The van der Waals surface area contributed by atoms with Gasteiger partial charge in [0.1, 0.15) is 0 Å². The number of carbonyl (C=O) groups excluding carboxylic acids is 1. The van der Waals surface area contributed by atoms with Crippen LogP contribution in [0.4, 0.5) is 11.8 Å². The van der Waals surface area contributed by atoms with Crippen LogP contribution in [0.1, 0.15) is 41.4 Å². The first-order valence-corrected chi connectivity index (χ1v) is 10.5. The van der Waals surface area contributed by atoms with Crippen molar-refractivity contribution in [3.05, 3.63) is 77.5 Å². The summed E-state index contributed by atoms with van der Waals surface area (Å²) in [5.41, 5.74) is 3.72. The van der Waals surface area contributed by atoms with E-state index in [1.54, 1.807) is 18.5 Å². The van der Waals surface area contributed by atoms with E-state index in [0.29, 0.717) is 24.9 Å². The number of amides is 1. The molecule has 1 aromatic carbocycles. The maximum absolute atomic E-state index is 12.6. The SMILES string of the molecule is Cc1cc(C)nc(Nc2nccnc2C2CCN(C(=O)/C=C/c3ccccc3)CC2)n1. The van der Waals surface area contributed by atoms with Crippen molar-refractivity contribution in [1.82, 2.24) is 24.8 Å². The van der Waals surface area contributed by atoms with E-state index >= 15 is 0 Å². The van der Waals surface area contributed by atoms with Gasteiger partial charge in [-0.1, -0.05) is 30.3 Å². The zero-order valence-electron chi connectivity index (χ0n) is 17.8. The van der Waals surface area contributed by atoms with Crippen molar-refractivity contribution in [2.75, 3.05) is 18.4 Å². The van der Waals surface area contributed by atoms with Crippen LogP contribution in [0.2, 0.25) is 0 Å². The highest BCUT2D eigenvalue weighted by Crippen LogP contribution is 2.31. The number of benzene rings is 1. The Bertz CT molecular complexity index is 1050. The highest BCUT2D eigenvalue weighted by atomic mass is 16.2. The van der Waals surface area contributed by atoms with Crippen molar-refractivity contribution in [3.63, 3.8) is 0 Å². The lowest BCUT2D eigenvalue weighted by Gasteiger charge is -2.31. The number of hydrogen-bond donors (Lipinski definition) is 1. The van der Waals surface area contributed by atoms with E-state index in [1.807, 2.05) is 61.2 Å². The molecule has 0 atom stereocenters. The zero-order chi connectivity index (χ0) is 21.6. The summed E-state index contributed by atoms with van der Waals surface area (Å²) in [5, 5.41) is 3.24. The van der Waals surface area contributed by atoms with E-state index in [0.717, 1.165) is 35.5 Å². The fourth-order valence-electron chi connectivity index (χ4n) is 3.84. The van der Waals surface area contributed by atoms with E-state index in [-0.39, 0.29) is 11.8 Å². The first kappa shape index (κ1) is 20.7. The second-order valence-electron chi connectivity index (χ2n) is 7.73. The second-order valence-corrected chi connectivity index (χ2v) is 7.73. The minimum Gasteiger partial charge on any atom is -0.339 e. The number of aryl methyl sites for hydroxylation is 2. The van der Waals surface area contributed by atoms with Gasteiger partial charge in [0.15, 0.2) is 5.82 Å². The van der Waals surface area contributed by atoms with E-state index in [4.69, 9.17) is 0 Å². The third-order valence-corrected chi connectivity index (χ3v) is 5.35. The van der Waals surface area contributed by atoms with Gasteiger partial charge >= 0.3 is 0 Å². The maximum atomic E-state index is 12.6. The van der Waals surface area contributed by atoms with Gasteiger partial charge in [-0.15, -0.1) is 0 Å². The summed E-state index contributed by atoms with van der Waals surface area (Å²) in [6.07, 6.45) is 8.58. The molecule has 4 rings (SSSR count). The Morgan fingerprint density at radius 2 is 1.71 bits per heavy atom. The average molecular weight is 415 g/mol. The van der Waals surface area contributed by atoms with Crippen LogP contribution in [0, 0.1) is 13.8 Å². The third kappa shape index (κ3) is 5.31. The summed E-state index contributed by atoms with van der Waals surface area (Å²) in [4.78, 5) is 32.4. The molecule has 0 radical (unpaired) electrons. The molecule has 7 nitrogen and oxygen atoms in total. The summed E-state index contributed by atoms with van der Waals surface area (Å²) < 4.78 is 0. The molecule has 0 bridgehead atoms. The molecule has 3 heterocycles. The summed E-state index contributed by atoms with van der Waals surface area (Å²) in [7, 11) is 0. The number of piperidine rings is 1. The number of nitrogens with zero attached hydrogens (tertiary/aromatic N) is 5. The molecule has 0 unspecified atom stereocenters. The fraction of sp³-hybridized carbons (Fsp3) is 0.292. The summed E-state index contributed by atoms with van der Waals surface area (Å²) in [5.74, 6) is 1.48.